The maximum atomic E-state index is 12.9. The van der Waals surface area contributed by atoms with Gasteiger partial charge in [-0.1, -0.05) is 34.1 Å². The highest BCUT2D eigenvalue weighted by molar-refractivity contribution is 9.10. The van der Waals surface area contributed by atoms with Gasteiger partial charge in [-0.15, -0.1) is 0 Å². The van der Waals surface area contributed by atoms with E-state index in [2.05, 4.69) is 21.2 Å². The second-order valence-corrected chi connectivity index (χ2v) is 5.99. The van der Waals surface area contributed by atoms with Crippen LogP contribution in [-0.2, 0) is 11.2 Å². The van der Waals surface area contributed by atoms with E-state index in [0.29, 0.717) is 5.69 Å². The van der Waals surface area contributed by atoms with E-state index in [4.69, 9.17) is 0 Å². The number of hydrogen-bond donors (Lipinski definition) is 2. The molecule has 5 heteroatoms. The van der Waals surface area contributed by atoms with Crippen LogP contribution >= 0.6 is 15.9 Å². The summed E-state index contributed by atoms with van der Waals surface area (Å²) in [6.07, 6.45) is 0.245. The molecule has 0 aliphatic rings. The minimum absolute atomic E-state index is 0.245. The highest BCUT2D eigenvalue weighted by Gasteiger charge is 2.33. The molecule has 0 amide bonds. The van der Waals surface area contributed by atoms with Gasteiger partial charge in [-0.25, -0.2) is 9.18 Å². The van der Waals surface area contributed by atoms with Crippen LogP contribution in [0.15, 0.2) is 53.0 Å². The molecule has 110 valence electrons. The molecule has 0 radical (unpaired) electrons. The highest BCUT2D eigenvalue weighted by atomic mass is 79.9. The maximum absolute atomic E-state index is 12.9. The van der Waals surface area contributed by atoms with Crippen molar-refractivity contribution in [3.8, 4) is 0 Å². The molecule has 0 spiro atoms. The van der Waals surface area contributed by atoms with Gasteiger partial charge in [0.15, 0.2) is 0 Å². The number of carbonyl (C=O) groups is 1. The fraction of sp³-hybridized carbons (Fsp3) is 0.188. The summed E-state index contributed by atoms with van der Waals surface area (Å²) in [6, 6.07) is 13.2. The van der Waals surface area contributed by atoms with Crippen LogP contribution in [0.2, 0.25) is 0 Å². The third kappa shape index (κ3) is 4.04. The van der Waals surface area contributed by atoms with Crippen molar-refractivity contribution >= 4 is 27.6 Å². The predicted octanol–water partition coefficient (Wildman–Crippen LogP) is 4.09. The van der Waals surface area contributed by atoms with Crippen LogP contribution in [-0.4, -0.2) is 16.6 Å². The molecule has 0 saturated carbocycles. The number of anilines is 1. The van der Waals surface area contributed by atoms with E-state index in [1.807, 2.05) is 18.2 Å². The highest BCUT2D eigenvalue weighted by Crippen LogP contribution is 2.23. The largest absolute Gasteiger partial charge is 0.480 e. The number of nitrogens with one attached hydrogen (secondary N) is 1. The molecule has 2 aromatic rings. The smallest absolute Gasteiger partial charge is 0.329 e. The number of aliphatic carboxylic acids is 1. The summed E-state index contributed by atoms with van der Waals surface area (Å²) in [6.45, 7) is 1.61. The minimum atomic E-state index is -1.18. The van der Waals surface area contributed by atoms with Gasteiger partial charge in [-0.2, -0.15) is 0 Å². The van der Waals surface area contributed by atoms with Gasteiger partial charge in [-0.05, 0) is 42.8 Å². The zero-order chi connectivity index (χ0) is 15.5. The van der Waals surface area contributed by atoms with Crippen molar-refractivity contribution in [2.24, 2.45) is 0 Å². The molecule has 2 N–H and O–H groups in total. The summed E-state index contributed by atoms with van der Waals surface area (Å²) in [5.41, 5.74) is 0.277. The lowest BCUT2D eigenvalue weighted by Gasteiger charge is -2.27. The van der Waals surface area contributed by atoms with Gasteiger partial charge in [0.05, 0.1) is 0 Å². The van der Waals surface area contributed by atoms with Gasteiger partial charge < -0.3 is 10.4 Å². The molecule has 0 bridgehead atoms. The van der Waals surface area contributed by atoms with Crippen molar-refractivity contribution in [1.82, 2.24) is 0 Å². The lowest BCUT2D eigenvalue weighted by Crippen LogP contribution is -2.45. The standard InChI is InChI=1S/C16H15BrFNO2/c1-16(15(20)21,10-11-5-7-13(18)8-6-11)19-14-4-2-3-12(17)9-14/h2-9,19H,10H2,1H3,(H,20,21). The Morgan fingerprint density at radius 1 is 1.29 bits per heavy atom. The van der Waals surface area contributed by atoms with Crippen molar-refractivity contribution in [2.45, 2.75) is 18.9 Å². The zero-order valence-corrected chi connectivity index (χ0v) is 13.0. The first kappa shape index (κ1) is 15.5. The summed E-state index contributed by atoms with van der Waals surface area (Å²) < 4.78 is 13.8. The Hall–Kier alpha value is -1.88. The summed E-state index contributed by atoms with van der Waals surface area (Å²) in [4.78, 5) is 11.6. The summed E-state index contributed by atoms with van der Waals surface area (Å²) in [7, 11) is 0. The molecular formula is C16H15BrFNO2. The van der Waals surface area contributed by atoms with Crippen LogP contribution in [0, 0.1) is 5.82 Å². The van der Waals surface area contributed by atoms with Crippen molar-refractivity contribution < 1.29 is 14.3 Å². The van der Waals surface area contributed by atoms with Gasteiger partial charge in [0.2, 0.25) is 0 Å². The van der Waals surface area contributed by atoms with Crippen LogP contribution in [0.5, 0.6) is 0 Å². The van der Waals surface area contributed by atoms with Gasteiger partial charge in [0.25, 0.3) is 0 Å². The van der Waals surface area contributed by atoms with Crippen LogP contribution in [0.25, 0.3) is 0 Å². The molecule has 0 fully saturated rings. The first-order valence-electron chi connectivity index (χ1n) is 6.41. The first-order chi connectivity index (χ1) is 9.89. The molecule has 1 atom stereocenters. The minimum Gasteiger partial charge on any atom is -0.480 e. The number of halogens is 2. The number of carboxylic acid groups (broad SMARTS) is 1. The Morgan fingerprint density at radius 3 is 2.52 bits per heavy atom. The molecule has 1 unspecified atom stereocenters. The molecule has 2 rings (SSSR count). The van der Waals surface area contributed by atoms with Crippen molar-refractivity contribution in [1.29, 1.82) is 0 Å². The second kappa shape index (κ2) is 6.26. The maximum Gasteiger partial charge on any atom is 0.329 e. The van der Waals surface area contributed by atoms with E-state index < -0.39 is 11.5 Å². The fourth-order valence-corrected chi connectivity index (χ4v) is 2.47. The van der Waals surface area contributed by atoms with Crippen LogP contribution in [0.1, 0.15) is 12.5 Å². The Balaban J connectivity index is 2.23. The Labute approximate surface area is 130 Å². The molecule has 3 nitrogen and oxygen atoms in total. The van der Waals surface area contributed by atoms with Crippen molar-refractivity contribution in [3.05, 3.63) is 64.4 Å². The summed E-state index contributed by atoms with van der Waals surface area (Å²) in [5, 5.41) is 12.6. The molecule has 0 heterocycles. The van der Waals surface area contributed by atoms with E-state index in [9.17, 15) is 14.3 Å². The first-order valence-corrected chi connectivity index (χ1v) is 7.20. The molecule has 0 saturated heterocycles. The van der Waals surface area contributed by atoms with Crippen molar-refractivity contribution in [3.63, 3.8) is 0 Å². The number of benzene rings is 2. The average molecular weight is 352 g/mol. The Morgan fingerprint density at radius 2 is 1.95 bits per heavy atom. The van der Waals surface area contributed by atoms with Gasteiger partial charge in [0.1, 0.15) is 11.4 Å². The van der Waals surface area contributed by atoms with E-state index >= 15 is 0 Å². The third-order valence-electron chi connectivity index (χ3n) is 3.19. The summed E-state index contributed by atoms with van der Waals surface area (Å²) >= 11 is 3.35. The van der Waals surface area contributed by atoms with E-state index in [-0.39, 0.29) is 12.2 Å². The Kier molecular flexibility index (Phi) is 4.63. The van der Waals surface area contributed by atoms with Crippen LogP contribution < -0.4 is 5.32 Å². The topological polar surface area (TPSA) is 49.3 Å². The van der Waals surface area contributed by atoms with Crippen molar-refractivity contribution in [2.75, 3.05) is 5.32 Å². The van der Waals surface area contributed by atoms with Gasteiger partial charge in [-0.3, -0.25) is 0 Å². The summed E-state index contributed by atoms with van der Waals surface area (Å²) in [5.74, 6) is -1.30. The fourth-order valence-electron chi connectivity index (χ4n) is 2.07. The van der Waals surface area contributed by atoms with E-state index in [0.717, 1.165) is 10.0 Å². The predicted molar refractivity (Wildman–Crippen MR) is 83.9 cm³/mol. The van der Waals surface area contributed by atoms with Crippen LogP contribution in [0.3, 0.4) is 0 Å². The SMILES string of the molecule is CC(Cc1ccc(F)cc1)(Nc1cccc(Br)c1)C(=O)O. The molecule has 0 aromatic heterocycles. The zero-order valence-electron chi connectivity index (χ0n) is 11.4. The number of hydrogen-bond acceptors (Lipinski definition) is 2. The van der Waals surface area contributed by atoms with Gasteiger partial charge >= 0.3 is 5.97 Å². The van der Waals surface area contributed by atoms with E-state index in [1.165, 1.54) is 12.1 Å². The Bertz CT molecular complexity index is 645. The molecule has 0 aliphatic carbocycles. The second-order valence-electron chi connectivity index (χ2n) is 5.08. The monoisotopic (exact) mass is 351 g/mol. The average Bonchev–Trinajstić information content (AvgIpc) is 2.41. The van der Waals surface area contributed by atoms with Crippen LogP contribution in [0.4, 0.5) is 10.1 Å². The molecule has 0 aliphatic heterocycles. The lowest BCUT2D eigenvalue weighted by molar-refractivity contribution is -0.141. The molecule has 21 heavy (non-hydrogen) atoms. The molecule has 2 aromatic carbocycles. The lowest BCUT2D eigenvalue weighted by atomic mass is 9.92. The van der Waals surface area contributed by atoms with E-state index in [1.54, 1.807) is 25.1 Å². The molecular weight excluding hydrogens is 337 g/mol. The quantitative estimate of drug-likeness (QED) is 0.852. The third-order valence-corrected chi connectivity index (χ3v) is 3.68. The number of rotatable bonds is 5. The normalized spacial score (nSPS) is 13.5. The van der Waals surface area contributed by atoms with Gasteiger partial charge in [0, 0.05) is 16.6 Å². The number of carboxylic acids is 1.